The Balaban J connectivity index is -0.00000161. The number of benzene rings is 1. The van der Waals surface area contributed by atoms with E-state index in [1.54, 1.807) is 19.1 Å². The molecule has 4 nitrogen and oxygen atoms in total. The maximum atomic E-state index is 11.9. The van der Waals surface area contributed by atoms with Crippen molar-refractivity contribution in [3.05, 3.63) is 28.8 Å². The van der Waals surface area contributed by atoms with Crippen molar-refractivity contribution >= 4 is 47.9 Å². The van der Waals surface area contributed by atoms with E-state index in [-0.39, 0.29) is 69.5 Å². The van der Waals surface area contributed by atoms with Crippen LogP contribution in [0.4, 0.5) is 0 Å². The molecule has 0 fully saturated rings. The van der Waals surface area contributed by atoms with Crippen molar-refractivity contribution in [2.24, 2.45) is 0 Å². The Bertz CT molecular complexity index is 613. The van der Waals surface area contributed by atoms with Crippen molar-refractivity contribution in [1.29, 1.82) is 0 Å². The summed E-state index contributed by atoms with van der Waals surface area (Å²) in [4.78, 5) is 0. The van der Waals surface area contributed by atoms with Crippen molar-refractivity contribution in [3.63, 3.8) is 0 Å². The number of hydrogen-bond donors (Lipinski definition) is 1. The van der Waals surface area contributed by atoms with E-state index in [0.29, 0.717) is 5.56 Å². The molecule has 0 bridgehead atoms. The van der Waals surface area contributed by atoms with Crippen LogP contribution in [0.5, 0.6) is 5.75 Å². The predicted octanol–water partition coefficient (Wildman–Crippen LogP) is 3.70. The van der Waals surface area contributed by atoms with Gasteiger partial charge in [-0.15, -0.1) is 0 Å². The topological polar surface area (TPSA) is 63.6 Å². The van der Waals surface area contributed by atoms with E-state index in [9.17, 15) is 13.5 Å². The quantitative estimate of drug-likeness (QED) is 0.648. The number of phenolic OH excluding ortho intramolecular Hbond substituents is 1. The molecule has 23 heavy (non-hydrogen) atoms. The molecule has 0 aliphatic rings. The van der Waals surface area contributed by atoms with Gasteiger partial charge in [-0.25, -0.2) is 0 Å². The fraction of sp³-hybridized carbons (Fsp3) is 0.647. The van der Waals surface area contributed by atoms with Gasteiger partial charge in [0.1, 0.15) is 11.5 Å². The van der Waals surface area contributed by atoms with Gasteiger partial charge in [-0.3, -0.25) is 4.18 Å². The molecule has 0 atom stereocenters. The van der Waals surface area contributed by atoms with Crippen LogP contribution in [0.25, 0.3) is 0 Å². The maximum Gasteiger partial charge on any atom is 2.00 e. The molecule has 0 heterocycles. The van der Waals surface area contributed by atoms with E-state index in [1.807, 2.05) is 41.5 Å². The molecule has 0 spiro atoms. The molecule has 0 radical (unpaired) electrons. The summed E-state index contributed by atoms with van der Waals surface area (Å²) in [6, 6.07) is 3.53. The first-order valence-corrected chi connectivity index (χ1v) is 9.09. The molecule has 0 amide bonds. The first-order valence-electron chi connectivity index (χ1n) is 7.52. The van der Waals surface area contributed by atoms with E-state index in [2.05, 4.69) is 0 Å². The van der Waals surface area contributed by atoms with Crippen LogP contribution >= 0.6 is 0 Å². The number of phenols is 1. The van der Waals surface area contributed by atoms with Gasteiger partial charge in [0.2, 0.25) is 0 Å². The number of aromatic hydroxyl groups is 1. The molecule has 0 unspecified atom stereocenters. The van der Waals surface area contributed by atoms with Gasteiger partial charge >= 0.3 is 37.7 Å². The molecule has 1 N–H and O–H groups in total. The summed E-state index contributed by atoms with van der Waals surface area (Å²) in [5.41, 5.74) is 1.58. The van der Waals surface area contributed by atoms with E-state index < -0.39 is 10.1 Å². The second-order valence-electron chi connectivity index (χ2n) is 7.65. The molecule has 0 saturated carbocycles. The zero-order valence-electron chi connectivity index (χ0n) is 17.4. The van der Waals surface area contributed by atoms with Crippen molar-refractivity contribution in [1.82, 2.24) is 0 Å². The average molecular weight is 371 g/mol. The summed E-state index contributed by atoms with van der Waals surface area (Å²) in [5.74, 6) is 0.0605. The SMILES string of the molecule is CCOS(=O)(=O)Cc1cc(C(C)(C)C)c(O)c(C(C)(C)C)c1.[Ca+2].[H-].[H-]. The van der Waals surface area contributed by atoms with Crippen LogP contribution in [0.3, 0.4) is 0 Å². The van der Waals surface area contributed by atoms with Crippen LogP contribution in [0.2, 0.25) is 0 Å². The second kappa shape index (κ2) is 8.05. The van der Waals surface area contributed by atoms with Crippen molar-refractivity contribution in [3.8, 4) is 5.75 Å². The summed E-state index contributed by atoms with van der Waals surface area (Å²) in [6.07, 6.45) is 0. The number of rotatable bonds is 4. The van der Waals surface area contributed by atoms with Gasteiger partial charge in [-0.1, -0.05) is 53.7 Å². The molecule has 0 aliphatic carbocycles. The van der Waals surface area contributed by atoms with Crippen molar-refractivity contribution in [2.45, 2.75) is 65.0 Å². The monoisotopic (exact) mass is 370 g/mol. The first kappa shape index (κ1) is 23.2. The molecule has 130 valence electrons. The zero-order chi connectivity index (χ0) is 17.3. The van der Waals surface area contributed by atoms with Crippen LogP contribution in [0, 0.1) is 0 Å². The van der Waals surface area contributed by atoms with Crippen LogP contribution in [0.15, 0.2) is 12.1 Å². The molecule has 0 saturated heterocycles. The molecule has 0 aromatic heterocycles. The Labute approximate surface area is 173 Å². The molecule has 1 aromatic carbocycles. The Morgan fingerprint density at radius 3 is 1.74 bits per heavy atom. The largest absolute Gasteiger partial charge is 2.00 e. The van der Waals surface area contributed by atoms with E-state index in [0.717, 1.165) is 11.1 Å². The van der Waals surface area contributed by atoms with Gasteiger partial charge in [-0.2, -0.15) is 8.42 Å². The summed E-state index contributed by atoms with van der Waals surface area (Å²) in [6.45, 7) is 13.7. The summed E-state index contributed by atoms with van der Waals surface area (Å²) in [5, 5.41) is 10.6. The van der Waals surface area contributed by atoms with E-state index in [1.165, 1.54) is 0 Å². The van der Waals surface area contributed by atoms with Crippen LogP contribution in [-0.2, 0) is 30.9 Å². The molecule has 6 heteroatoms. The van der Waals surface area contributed by atoms with Crippen LogP contribution < -0.4 is 0 Å². The standard InChI is InChI=1S/C17H28O4S.Ca.2H/c1-8-21-22(19,20)11-12-9-13(16(2,3)4)15(18)14(10-12)17(5,6)7;;;/h9-10,18H,8,11H2,1-7H3;;;/q;+2;2*-1. The van der Waals surface area contributed by atoms with Crippen molar-refractivity contribution < 1.29 is 20.6 Å². The van der Waals surface area contributed by atoms with Gasteiger partial charge < -0.3 is 7.96 Å². The normalized spacial score (nSPS) is 12.8. The molecular formula is C17H30CaO4S. The zero-order valence-corrected chi connectivity index (χ0v) is 18.4. The third kappa shape index (κ3) is 6.54. The van der Waals surface area contributed by atoms with Gasteiger partial charge in [0, 0.05) is 0 Å². The van der Waals surface area contributed by atoms with Gasteiger partial charge in [0.05, 0.1) is 6.61 Å². The van der Waals surface area contributed by atoms with Gasteiger partial charge in [0.15, 0.2) is 0 Å². The summed E-state index contributed by atoms with van der Waals surface area (Å²) < 4.78 is 28.7. The third-order valence-electron chi connectivity index (χ3n) is 3.43. The predicted molar refractivity (Wildman–Crippen MR) is 97.7 cm³/mol. The first-order chi connectivity index (χ1) is 9.78. The minimum Gasteiger partial charge on any atom is -1.00 e. The fourth-order valence-corrected chi connectivity index (χ4v) is 3.36. The van der Waals surface area contributed by atoms with Crippen LogP contribution in [-0.4, -0.2) is 57.9 Å². The van der Waals surface area contributed by atoms with Crippen molar-refractivity contribution in [2.75, 3.05) is 6.61 Å². The third-order valence-corrected chi connectivity index (χ3v) is 4.71. The Morgan fingerprint density at radius 1 is 1.04 bits per heavy atom. The van der Waals surface area contributed by atoms with Gasteiger partial charge in [0.25, 0.3) is 10.1 Å². The fourth-order valence-electron chi connectivity index (χ4n) is 2.35. The van der Waals surface area contributed by atoms with Gasteiger partial charge in [-0.05, 0) is 34.4 Å². The molecule has 1 rings (SSSR count). The van der Waals surface area contributed by atoms with E-state index >= 15 is 0 Å². The summed E-state index contributed by atoms with van der Waals surface area (Å²) in [7, 11) is -3.60. The maximum absolute atomic E-state index is 11.9. The number of hydrogen-bond acceptors (Lipinski definition) is 4. The van der Waals surface area contributed by atoms with Crippen LogP contribution in [0.1, 0.15) is 68.0 Å². The average Bonchev–Trinajstić information content (AvgIpc) is 2.27. The Hall–Kier alpha value is 0.190. The minimum atomic E-state index is -3.60. The Morgan fingerprint density at radius 2 is 1.43 bits per heavy atom. The molecule has 0 aliphatic heterocycles. The minimum absolute atomic E-state index is 0. The van der Waals surface area contributed by atoms with E-state index in [4.69, 9.17) is 4.18 Å². The molecule has 1 aromatic rings. The smallest absolute Gasteiger partial charge is 1.00 e. The Kier molecular flexibility index (Phi) is 8.11. The molecular weight excluding hydrogens is 340 g/mol. The summed E-state index contributed by atoms with van der Waals surface area (Å²) >= 11 is 0. The second-order valence-corrected chi connectivity index (χ2v) is 9.29.